The number of rotatable bonds is 10. The van der Waals surface area contributed by atoms with Gasteiger partial charge < -0.3 is 0 Å². The summed E-state index contributed by atoms with van der Waals surface area (Å²) in [4.78, 5) is 10.4. The minimum absolute atomic E-state index is 0.0103. The van der Waals surface area contributed by atoms with Crippen molar-refractivity contribution in [3.63, 3.8) is 0 Å². The normalized spacial score (nSPS) is 22.3. The minimum atomic E-state index is -2.15. The van der Waals surface area contributed by atoms with Crippen molar-refractivity contribution in [2.24, 2.45) is 0 Å². The fourth-order valence-corrected chi connectivity index (χ4v) is 11.9. The van der Waals surface area contributed by atoms with Crippen LogP contribution in [0.15, 0.2) is 17.5 Å². The van der Waals surface area contributed by atoms with Crippen LogP contribution in [0.25, 0.3) is 9.75 Å². The van der Waals surface area contributed by atoms with Crippen LogP contribution < -0.4 is 2.89 Å². The molecule has 32 heavy (non-hydrogen) atoms. The summed E-state index contributed by atoms with van der Waals surface area (Å²) in [6.07, 6.45) is 8.67. The third-order valence-corrected chi connectivity index (χ3v) is 17.9. The van der Waals surface area contributed by atoms with Crippen molar-refractivity contribution < 1.29 is 18.9 Å². The van der Waals surface area contributed by atoms with E-state index in [1.807, 2.05) is 22.7 Å². The molecule has 0 saturated carbocycles. The molecule has 2 fully saturated rings. The van der Waals surface area contributed by atoms with E-state index in [9.17, 15) is 0 Å². The maximum absolute atomic E-state index is 6.09. The molecule has 0 radical (unpaired) electrons. The van der Waals surface area contributed by atoms with Crippen molar-refractivity contribution in [1.29, 1.82) is 0 Å². The first kappa shape index (κ1) is 25.1. The molecule has 2 aliphatic rings. The van der Waals surface area contributed by atoms with E-state index in [4.69, 9.17) is 18.9 Å². The van der Waals surface area contributed by atoms with Gasteiger partial charge in [-0.05, 0) is 0 Å². The molecule has 4 heterocycles. The van der Waals surface area contributed by atoms with Crippen LogP contribution in [-0.4, -0.2) is 57.4 Å². The molecule has 2 unspecified atom stereocenters. The summed E-state index contributed by atoms with van der Waals surface area (Å²) >= 11 is 1.75. The predicted octanol–water partition coefficient (Wildman–Crippen LogP) is 6.19. The molecule has 2 aliphatic heterocycles. The van der Waals surface area contributed by atoms with Gasteiger partial charge in [0.15, 0.2) is 0 Å². The Bertz CT molecular complexity index is 829. The van der Waals surface area contributed by atoms with Crippen molar-refractivity contribution in [2.75, 3.05) is 26.4 Å². The second-order valence-corrected chi connectivity index (χ2v) is 27.2. The molecule has 0 bridgehead atoms. The van der Waals surface area contributed by atoms with Crippen LogP contribution in [0.2, 0.25) is 14.8 Å². The Balaban J connectivity index is 1.43. The summed E-state index contributed by atoms with van der Waals surface area (Å²) in [6.45, 7) is 3.13. The topological polar surface area (TPSA) is 36.9 Å². The van der Waals surface area contributed by atoms with E-state index in [1.165, 1.54) is 33.7 Å². The monoisotopic (exact) mass is 586 g/mol. The molecule has 7 heteroatoms. The van der Waals surface area contributed by atoms with E-state index in [0.717, 1.165) is 65.0 Å². The van der Waals surface area contributed by atoms with Gasteiger partial charge in [-0.15, -0.1) is 0 Å². The molecule has 0 amide bonds. The standard InChI is InChI=1S/C22H29O4S2.3CH3.Sn/c1-3-11-23-19(5-1)25-13-7-17-9-15-27-21(17)22-18(10-16-28-22)8-14-26-20-6-2-4-12-24-20;;;;/h9-10,15,19-20H,1-8,11-14H2;3*1H3;. The first-order chi connectivity index (χ1) is 15.5. The summed E-state index contributed by atoms with van der Waals surface area (Å²) in [7, 11) is 0. The molecule has 2 aromatic rings. The molecule has 0 spiro atoms. The van der Waals surface area contributed by atoms with E-state index in [1.54, 1.807) is 2.89 Å². The molecular weight excluding hydrogens is 547 g/mol. The fraction of sp³-hybridized carbons (Fsp3) is 0.680. The summed E-state index contributed by atoms with van der Waals surface area (Å²) in [6, 6.07) is 4.78. The van der Waals surface area contributed by atoms with E-state index in [-0.39, 0.29) is 12.6 Å². The summed E-state index contributed by atoms with van der Waals surface area (Å²) < 4.78 is 25.3. The molecule has 2 aromatic heterocycles. The maximum atomic E-state index is 6.09. The van der Waals surface area contributed by atoms with Gasteiger partial charge in [-0.3, -0.25) is 0 Å². The van der Waals surface area contributed by atoms with Crippen LogP contribution in [0.5, 0.6) is 0 Å². The fourth-order valence-electron chi connectivity index (χ4n) is 4.19. The molecule has 0 aliphatic carbocycles. The molecule has 2 atom stereocenters. The van der Waals surface area contributed by atoms with Gasteiger partial charge in [0, 0.05) is 0 Å². The zero-order chi connectivity index (χ0) is 22.4. The van der Waals surface area contributed by atoms with E-state index in [0.29, 0.717) is 0 Å². The van der Waals surface area contributed by atoms with Gasteiger partial charge in [0.05, 0.1) is 0 Å². The number of hydrogen-bond donors (Lipinski definition) is 0. The average Bonchev–Trinajstić information content (AvgIpc) is 3.42. The van der Waals surface area contributed by atoms with E-state index < -0.39 is 18.4 Å². The van der Waals surface area contributed by atoms with Gasteiger partial charge in [-0.2, -0.15) is 0 Å². The average molecular weight is 585 g/mol. The zero-order valence-corrected chi connectivity index (χ0v) is 24.3. The van der Waals surface area contributed by atoms with Crippen molar-refractivity contribution >= 4 is 43.9 Å². The van der Waals surface area contributed by atoms with Crippen molar-refractivity contribution in [2.45, 2.75) is 78.8 Å². The van der Waals surface area contributed by atoms with Gasteiger partial charge in [0.2, 0.25) is 0 Å². The van der Waals surface area contributed by atoms with Gasteiger partial charge in [0.1, 0.15) is 0 Å². The van der Waals surface area contributed by atoms with Crippen molar-refractivity contribution in [3.8, 4) is 9.75 Å². The third kappa shape index (κ3) is 7.03. The number of ether oxygens (including phenoxy) is 4. The predicted molar refractivity (Wildman–Crippen MR) is 137 cm³/mol. The van der Waals surface area contributed by atoms with Crippen LogP contribution in [0.4, 0.5) is 0 Å². The van der Waals surface area contributed by atoms with Crippen LogP contribution in [0, 0.1) is 0 Å². The van der Waals surface area contributed by atoms with Crippen LogP contribution in [-0.2, 0) is 31.8 Å². The van der Waals surface area contributed by atoms with Gasteiger partial charge >= 0.3 is 206 Å². The number of hydrogen-bond acceptors (Lipinski definition) is 6. The first-order valence-electron chi connectivity index (χ1n) is 12.2. The second kappa shape index (κ2) is 12.1. The molecule has 4 rings (SSSR count). The molecule has 0 aromatic carbocycles. The van der Waals surface area contributed by atoms with E-state index in [2.05, 4.69) is 32.3 Å². The van der Waals surface area contributed by atoms with Gasteiger partial charge in [-0.25, -0.2) is 0 Å². The Morgan fingerprint density at radius 1 is 0.875 bits per heavy atom. The summed E-state index contributed by atoms with van der Waals surface area (Å²) in [5.41, 5.74) is 2.86. The van der Waals surface area contributed by atoms with Gasteiger partial charge in [-0.1, -0.05) is 0 Å². The first-order valence-corrected chi connectivity index (χ1v) is 23.9. The molecular formula is C25H38O4S2Sn. The van der Waals surface area contributed by atoms with Crippen LogP contribution >= 0.6 is 22.7 Å². The Morgan fingerprint density at radius 3 is 2.06 bits per heavy atom. The SMILES string of the molecule is [CH3][Sn]([CH3])([CH3])[c]1cc(CCOC2CCCCO2)c(-c2sccc2CCOC2CCCCO2)s1. The molecule has 178 valence electrons. The molecule has 4 nitrogen and oxygen atoms in total. The summed E-state index contributed by atoms with van der Waals surface area (Å²) in [5, 5.41) is 2.23. The Morgan fingerprint density at radius 2 is 1.50 bits per heavy atom. The van der Waals surface area contributed by atoms with E-state index >= 15 is 0 Å². The molecule has 0 N–H and O–H groups in total. The Kier molecular flexibility index (Phi) is 9.53. The van der Waals surface area contributed by atoms with Crippen molar-refractivity contribution in [1.82, 2.24) is 0 Å². The van der Waals surface area contributed by atoms with Crippen molar-refractivity contribution in [3.05, 3.63) is 28.6 Å². The molecule has 2 saturated heterocycles. The Labute approximate surface area is 205 Å². The third-order valence-electron chi connectivity index (χ3n) is 6.13. The zero-order valence-electron chi connectivity index (χ0n) is 19.8. The number of thiophene rings is 2. The quantitative estimate of drug-likeness (QED) is 0.312. The van der Waals surface area contributed by atoms with Crippen LogP contribution in [0.3, 0.4) is 0 Å². The van der Waals surface area contributed by atoms with Crippen LogP contribution in [0.1, 0.15) is 49.7 Å². The van der Waals surface area contributed by atoms with Gasteiger partial charge in [0.25, 0.3) is 0 Å². The second-order valence-electron chi connectivity index (χ2n) is 9.82. The Hall–Kier alpha value is 0.0387. The summed E-state index contributed by atoms with van der Waals surface area (Å²) in [5.74, 6) is 0.